The summed E-state index contributed by atoms with van der Waals surface area (Å²) in [6, 6.07) is 41.2. The third-order valence-corrected chi connectivity index (χ3v) is 8.40. The Morgan fingerprint density at radius 3 is 1.62 bits per heavy atom. The second-order valence-electron chi connectivity index (χ2n) is 10.6. The van der Waals surface area contributed by atoms with Crippen LogP contribution >= 0.6 is 0 Å². The molecule has 0 heteroatoms. The molecule has 0 radical (unpaired) electrons. The molecule has 0 amide bonds. The zero-order chi connectivity index (χ0) is 29.7. The Labute approximate surface area is 237 Å². The maximum Gasteiger partial charge on any atom is 0.0629 e. The minimum absolute atomic E-state index is 0.0292. The third-order valence-electron chi connectivity index (χ3n) is 8.40. The SMILES string of the molecule is [2H]c1c([2H])c(-c2cc3cccc4ccc5cccc2c5c43)c([2H])c([2H])c1-c1cc2cc3ccccc3cc2c2ccccc12. The molecular formula is C40H24. The average molecular weight is 509 g/mol. The van der Waals surface area contributed by atoms with E-state index in [1.165, 1.54) is 0 Å². The maximum absolute atomic E-state index is 9.33. The Morgan fingerprint density at radius 1 is 0.325 bits per heavy atom. The molecule has 0 unspecified atom stereocenters. The summed E-state index contributed by atoms with van der Waals surface area (Å²) in [5.41, 5.74) is 2.09. The van der Waals surface area contributed by atoms with Gasteiger partial charge in [-0.2, -0.15) is 0 Å². The van der Waals surface area contributed by atoms with Crippen LogP contribution in [0.25, 0.3) is 86.9 Å². The van der Waals surface area contributed by atoms with Gasteiger partial charge in [-0.1, -0.05) is 121 Å². The molecule has 0 aliphatic rings. The van der Waals surface area contributed by atoms with Crippen molar-refractivity contribution in [3.8, 4) is 22.3 Å². The first kappa shape index (κ1) is 18.2. The largest absolute Gasteiger partial charge is 0.0629 e. The van der Waals surface area contributed by atoms with Crippen LogP contribution in [0.4, 0.5) is 0 Å². The number of hydrogen-bond acceptors (Lipinski definition) is 0. The number of hydrogen-bond donors (Lipinski definition) is 0. The van der Waals surface area contributed by atoms with Crippen LogP contribution < -0.4 is 0 Å². The molecule has 0 aliphatic heterocycles. The molecule has 0 nitrogen and oxygen atoms in total. The Balaban J connectivity index is 1.37. The van der Waals surface area contributed by atoms with Crippen LogP contribution in [0.3, 0.4) is 0 Å². The number of rotatable bonds is 2. The van der Waals surface area contributed by atoms with Gasteiger partial charge >= 0.3 is 0 Å². The van der Waals surface area contributed by atoms with E-state index in [1.54, 1.807) is 0 Å². The van der Waals surface area contributed by atoms with E-state index in [4.69, 9.17) is 0 Å². The summed E-state index contributed by atoms with van der Waals surface area (Å²) in [4.78, 5) is 0. The van der Waals surface area contributed by atoms with E-state index < -0.39 is 0 Å². The van der Waals surface area contributed by atoms with Crippen LogP contribution in [0, 0.1) is 0 Å². The molecule has 0 saturated carbocycles. The highest BCUT2D eigenvalue weighted by Gasteiger charge is 2.14. The van der Waals surface area contributed by atoms with Gasteiger partial charge in [-0.05, 0) is 111 Å². The first-order valence-electron chi connectivity index (χ1n) is 15.6. The Morgan fingerprint density at radius 2 is 0.850 bits per heavy atom. The lowest BCUT2D eigenvalue weighted by Gasteiger charge is -2.16. The molecule has 9 rings (SSSR count). The average Bonchev–Trinajstić information content (AvgIpc) is 3.06. The van der Waals surface area contributed by atoms with Crippen molar-refractivity contribution in [3.05, 3.63) is 145 Å². The van der Waals surface area contributed by atoms with Crippen LogP contribution in [-0.2, 0) is 0 Å². The molecule has 9 aromatic rings. The predicted molar refractivity (Wildman–Crippen MR) is 174 cm³/mol. The van der Waals surface area contributed by atoms with Crippen LogP contribution in [0.1, 0.15) is 5.48 Å². The molecular weight excluding hydrogens is 480 g/mol. The van der Waals surface area contributed by atoms with E-state index in [0.717, 1.165) is 70.2 Å². The summed E-state index contributed by atoms with van der Waals surface area (Å²) in [5.74, 6) is 0. The van der Waals surface area contributed by atoms with E-state index in [1.807, 2.05) is 60.7 Å². The van der Waals surface area contributed by atoms with Crippen molar-refractivity contribution >= 4 is 64.6 Å². The third kappa shape index (κ3) is 3.08. The molecule has 0 atom stereocenters. The van der Waals surface area contributed by atoms with Gasteiger partial charge in [0.15, 0.2) is 0 Å². The van der Waals surface area contributed by atoms with E-state index >= 15 is 0 Å². The van der Waals surface area contributed by atoms with Crippen LogP contribution in [0.15, 0.2) is 145 Å². The Bertz CT molecular complexity index is 2620. The van der Waals surface area contributed by atoms with Gasteiger partial charge in [0, 0.05) is 0 Å². The summed E-state index contributed by atoms with van der Waals surface area (Å²) >= 11 is 0. The van der Waals surface area contributed by atoms with Gasteiger partial charge < -0.3 is 0 Å². The van der Waals surface area contributed by atoms with Crippen molar-refractivity contribution in [2.45, 2.75) is 0 Å². The molecule has 0 bridgehead atoms. The van der Waals surface area contributed by atoms with Crippen molar-refractivity contribution in [2.75, 3.05) is 0 Å². The second kappa shape index (κ2) is 8.15. The summed E-state index contributed by atoms with van der Waals surface area (Å²) in [6.07, 6.45) is 0. The van der Waals surface area contributed by atoms with Gasteiger partial charge in [0.2, 0.25) is 0 Å². The lowest BCUT2D eigenvalue weighted by atomic mass is 9.88. The van der Waals surface area contributed by atoms with Gasteiger partial charge in [-0.15, -0.1) is 0 Å². The topological polar surface area (TPSA) is 0 Å². The second-order valence-corrected chi connectivity index (χ2v) is 10.6. The molecule has 0 heterocycles. The molecule has 0 aromatic heterocycles. The summed E-state index contributed by atoms with van der Waals surface area (Å²) in [7, 11) is 0. The monoisotopic (exact) mass is 508 g/mol. The fourth-order valence-corrected chi connectivity index (χ4v) is 6.55. The lowest BCUT2D eigenvalue weighted by molar-refractivity contribution is 1.64. The highest BCUT2D eigenvalue weighted by atomic mass is 14.2. The molecule has 0 spiro atoms. The van der Waals surface area contributed by atoms with E-state index in [2.05, 4.69) is 60.7 Å². The van der Waals surface area contributed by atoms with Crippen molar-refractivity contribution in [1.82, 2.24) is 0 Å². The van der Waals surface area contributed by atoms with Crippen molar-refractivity contribution in [2.24, 2.45) is 0 Å². The summed E-state index contributed by atoms with van der Waals surface area (Å²) in [5, 5.41) is 12.7. The fourth-order valence-electron chi connectivity index (χ4n) is 6.55. The van der Waals surface area contributed by atoms with Crippen molar-refractivity contribution in [3.63, 3.8) is 0 Å². The normalized spacial score (nSPS) is 13.4. The zero-order valence-corrected chi connectivity index (χ0v) is 21.5. The zero-order valence-electron chi connectivity index (χ0n) is 25.5. The summed E-state index contributed by atoms with van der Waals surface area (Å²) in [6.45, 7) is 0. The smallest absolute Gasteiger partial charge is 0.0616 e. The molecule has 0 N–H and O–H groups in total. The highest BCUT2D eigenvalue weighted by Crippen LogP contribution is 2.41. The van der Waals surface area contributed by atoms with Gasteiger partial charge in [0.25, 0.3) is 0 Å². The van der Waals surface area contributed by atoms with E-state index in [9.17, 15) is 5.48 Å². The van der Waals surface area contributed by atoms with Gasteiger partial charge in [0.05, 0.1) is 5.48 Å². The molecule has 0 saturated heterocycles. The first-order chi connectivity index (χ1) is 21.5. The van der Waals surface area contributed by atoms with E-state index in [-0.39, 0.29) is 24.2 Å². The Kier molecular flexibility index (Phi) is 3.70. The van der Waals surface area contributed by atoms with Gasteiger partial charge in [-0.3, -0.25) is 0 Å². The fraction of sp³-hybridized carbons (Fsp3) is 0. The van der Waals surface area contributed by atoms with Crippen LogP contribution in [0.2, 0.25) is 0 Å². The van der Waals surface area contributed by atoms with E-state index in [0.29, 0.717) is 16.7 Å². The first-order valence-corrected chi connectivity index (χ1v) is 13.6. The van der Waals surface area contributed by atoms with Crippen molar-refractivity contribution in [1.29, 1.82) is 0 Å². The van der Waals surface area contributed by atoms with Gasteiger partial charge in [0.1, 0.15) is 0 Å². The minimum Gasteiger partial charge on any atom is -0.0616 e. The quantitative estimate of drug-likeness (QED) is 0.161. The maximum atomic E-state index is 9.33. The standard InChI is InChI=1S/C40H24/c1-2-8-30-22-38-32(21-29(30)7-1)24-36(33-12-3-4-13-34(33)38)25-15-17-26(18-16-25)37-23-31-11-5-9-27-19-20-28-10-6-14-35(37)40(28)39(27)31/h1-24H/i15D,16D,17D,18D. The van der Waals surface area contributed by atoms with Crippen molar-refractivity contribution < 1.29 is 5.48 Å². The molecule has 40 heavy (non-hydrogen) atoms. The van der Waals surface area contributed by atoms with Crippen LogP contribution in [-0.4, -0.2) is 0 Å². The highest BCUT2D eigenvalue weighted by molar-refractivity contribution is 6.26. The number of benzene rings is 9. The predicted octanol–water partition coefficient (Wildman–Crippen LogP) is 11.4. The molecule has 0 aliphatic carbocycles. The molecule has 9 aromatic carbocycles. The number of fused-ring (bicyclic) bond motifs is 4. The molecule has 0 fully saturated rings. The molecule has 184 valence electrons. The van der Waals surface area contributed by atoms with Gasteiger partial charge in [-0.25, -0.2) is 0 Å². The lowest BCUT2D eigenvalue weighted by Crippen LogP contribution is -1.89. The Hall–Kier alpha value is -5.20. The summed E-state index contributed by atoms with van der Waals surface area (Å²) < 4.78 is 37.3. The minimum atomic E-state index is -0.0311. The van der Waals surface area contributed by atoms with Crippen LogP contribution in [0.5, 0.6) is 0 Å².